The number of rotatable bonds is 6. The van der Waals surface area contributed by atoms with Crippen LogP contribution >= 0.6 is 11.3 Å². The summed E-state index contributed by atoms with van der Waals surface area (Å²) in [6.07, 6.45) is 5.58. The molecule has 2 N–H and O–H groups in total. The smallest absolute Gasteiger partial charge is 0.259 e. The monoisotopic (exact) mass is 356 g/mol. The van der Waals surface area contributed by atoms with Crippen LogP contribution in [0.1, 0.15) is 29.7 Å². The van der Waals surface area contributed by atoms with Gasteiger partial charge in [0.2, 0.25) is 0 Å². The van der Waals surface area contributed by atoms with Crippen molar-refractivity contribution in [1.82, 2.24) is 5.43 Å². The van der Waals surface area contributed by atoms with E-state index in [1.165, 1.54) is 29.8 Å². The van der Waals surface area contributed by atoms with Crippen LogP contribution in [0, 0.1) is 6.92 Å². The molecule has 1 aliphatic heterocycles. The quantitative estimate of drug-likeness (QED) is 0.614. The number of nitrogens with one attached hydrogen (secondary N) is 2. The molecule has 2 heterocycles. The van der Waals surface area contributed by atoms with E-state index in [0.717, 1.165) is 23.7 Å². The molecule has 0 unspecified atom stereocenters. The number of anilines is 2. The molecule has 2 aromatic rings. The maximum atomic E-state index is 11.8. The van der Waals surface area contributed by atoms with E-state index in [1.807, 2.05) is 31.2 Å². The fourth-order valence-corrected chi connectivity index (χ4v) is 3.69. The molecule has 0 atom stereocenters. The van der Waals surface area contributed by atoms with E-state index in [1.54, 1.807) is 17.6 Å². The van der Waals surface area contributed by atoms with Crippen molar-refractivity contribution in [3.63, 3.8) is 0 Å². The van der Waals surface area contributed by atoms with E-state index in [0.29, 0.717) is 0 Å². The van der Waals surface area contributed by atoms with Crippen molar-refractivity contribution in [3.8, 4) is 0 Å². The third-order valence-electron chi connectivity index (χ3n) is 4.17. The lowest BCUT2D eigenvalue weighted by molar-refractivity contribution is -0.119. The van der Waals surface area contributed by atoms with Crippen LogP contribution in [0.2, 0.25) is 0 Å². The molecule has 0 saturated carbocycles. The Labute approximate surface area is 152 Å². The summed E-state index contributed by atoms with van der Waals surface area (Å²) in [5.74, 6) is -0.162. The Bertz CT molecular complexity index is 717. The molecular weight excluding hydrogens is 332 g/mol. The Hall–Kier alpha value is -2.34. The van der Waals surface area contributed by atoms with Gasteiger partial charge in [-0.25, -0.2) is 5.43 Å². The fraction of sp³-hybridized carbons (Fsp3) is 0.368. The number of hydrogen-bond donors (Lipinski definition) is 2. The number of carbonyl (C=O) groups is 1. The molecular formula is C19H24N4OS. The van der Waals surface area contributed by atoms with E-state index in [-0.39, 0.29) is 12.5 Å². The molecule has 0 aliphatic carbocycles. The molecule has 1 aromatic heterocycles. The summed E-state index contributed by atoms with van der Waals surface area (Å²) in [5, 5.41) is 8.42. The molecule has 0 bridgehead atoms. The lowest BCUT2D eigenvalue weighted by Crippen LogP contribution is -2.28. The molecule has 1 fully saturated rings. The molecule has 1 saturated heterocycles. The third kappa shape index (κ3) is 5.32. The van der Waals surface area contributed by atoms with Crippen LogP contribution < -0.4 is 15.6 Å². The second kappa shape index (κ2) is 8.67. The van der Waals surface area contributed by atoms with Crippen LogP contribution in [-0.2, 0) is 4.79 Å². The van der Waals surface area contributed by atoms with Crippen molar-refractivity contribution in [3.05, 3.63) is 46.8 Å². The molecule has 0 radical (unpaired) electrons. The number of amides is 1. The Morgan fingerprint density at radius 1 is 1.16 bits per heavy atom. The number of hydrazone groups is 1. The SMILES string of the molecule is Cc1ccc(NCC(=O)N/N=C/c2ccc(N3CCCCC3)s2)cc1. The zero-order valence-electron chi connectivity index (χ0n) is 14.5. The average molecular weight is 356 g/mol. The zero-order valence-corrected chi connectivity index (χ0v) is 15.3. The van der Waals surface area contributed by atoms with Gasteiger partial charge in [0.15, 0.2) is 0 Å². The fourth-order valence-electron chi connectivity index (χ4n) is 2.76. The van der Waals surface area contributed by atoms with Gasteiger partial charge in [-0.2, -0.15) is 5.10 Å². The first-order valence-corrected chi connectivity index (χ1v) is 9.49. The van der Waals surface area contributed by atoms with Gasteiger partial charge in [-0.3, -0.25) is 4.79 Å². The van der Waals surface area contributed by atoms with Crippen molar-refractivity contribution < 1.29 is 4.79 Å². The second-order valence-corrected chi connectivity index (χ2v) is 7.33. The van der Waals surface area contributed by atoms with Gasteiger partial charge in [-0.1, -0.05) is 17.7 Å². The van der Waals surface area contributed by atoms with E-state index in [9.17, 15) is 4.79 Å². The number of aryl methyl sites for hydroxylation is 1. The highest BCUT2D eigenvalue weighted by Gasteiger charge is 2.12. The molecule has 3 rings (SSSR count). The van der Waals surface area contributed by atoms with Crippen molar-refractivity contribution in [1.29, 1.82) is 0 Å². The lowest BCUT2D eigenvalue weighted by Gasteiger charge is -2.27. The summed E-state index contributed by atoms with van der Waals surface area (Å²) in [7, 11) is 0. The first kappa shape index (κ1) is 17.5. The maximum Gasteiger partial charge on any atom is 0.259 e. The first-order chi connectivity index (χ1) is 12.2. The van der Waals surface area contributed by atoms with Gasteiger partial charge in [0.1, 0.15) is 0 Å². The summed E-state index contributed by atoms with van der Waals surface area (Å²) in [6, 6.07) is 12.1. The van der Waals surface area contributed by atoms with Crippen LogP contribution in [0.5, 0.6) is 0 Å². The van der Waals surface area contributed by atoms with E-state index < -0.39 is 0 Å². The minimum atomic E-state index is -0.162. The highest BCUT2D eigenvalue weighted by atomic mass is 32.1. The van der Waals surface area contributed by atoms with Crippen LogP contribution in [0.25, 0.3) is 0 Å². The number of carbonyl (C=O) groups excluding carboxylic acids is 1. The van der Waals surface area contributed by atoms with Gasteiger partial charge < -0.3 is 10.2 Å². The van der Waals surface area contributed by atoms with Gasteiger partial charge in [-0.05, 0) is 50.5 Å². The Morgan fingerprint density at radius 3 is 2.68 bits per heavy atom. The number of piperidine rings is 1. The van der Waals surface area contributed by atoms with E-state index in [2.05, 4.69) is 32.9 Å². The maximum absolute atomic E-state index is 11.8. The molecule has 5 nitrogen and oxygen atoms in total. The van der Waals surface area contributed by atoms with Crippen LogP contribution in [0.4, 0.5) is 10.7 Å². The van der Waals surface area contributed by atoms with Crippen molar-refractivity contribution >= 4 is 34.1 Å². The van der Waals surface area contributed by atoms with Crippen LogP contribution in [0.15, 0.2) is 41.5 Å². The molecule has 0 spiro atoms. The predicted octanol–water partition coefficient (Wildman–Crippen LogP) is 3.61. The zero-order chi connectivity index (χ0) is 17.5. The van der Waals surface area contributed by atoms with Crippen molar-refractivity contribution in [2.45, 2.75) is 26.2 Å². The summed E-state index contributed by atoms with van der Waals surface area (Å²) >= 11 is 1.71. The topological polar surface area (TPSA) is 56.7 Å². The predicted molar refractivity (Wildman–Crippen MR) is 106 cm³/mol. The van der Waals surface area contributed by atoms with Crippen molar-refractivity contribution in [2.24, 2.45) is 5.10 Å². The van der Waals surface area contributed by atoms with Crippen molar-refractivity contribution in [2.75, 3.05) is 29.9 Å². The highest BCUT2D eigenvalue weighted by molar-refractivity contribution is 7.17. The van der Waals surface area contributed by atoms with Crippen LogP contribution in [0.3, 0.4) is 0 Å². The normalized spacial score (nSPS) is 14.7. The minimum Gasteiger partial charge on any atom is -0.376 e. The first-order valence-electron chi connectivity index (χ1n) is 8.68. The Kier molecular flexibility index (Phi) is 6.06. The lowest BCUT2D eigenvalue weighted by atomic mass is 10.1. The standard InChI is InChI=1S/C19H24N4OS/c1-15-5-7-16(8-6-15)20-14-18(24)22-21-13-17-9-10-19(25-17)23-11-3-2-4-12-23/h5-10,13,20H,2-4,11-12,14H2,1H3,(H,22,24)/b21-13+. The average Bonchev–Trinajstić information content (AvgIpc) is 3.11. The molecule has 1 aliphatic rings. The van der Waals surface area contributed by atoms with Gasteiger partial charge in [0.25, 0.3) is 5.91 Å². The molecule has 6 heteroatoms. The summed E-state index contributed by atoms with van der Waals surface area (Å²) < 4.78 is 0. The number of hydrogen-bond acceptors (Lipinski definition) is 5. The van der Waals surface area contributed by atoms with E-state index in [4.69, 9.17) is 0 Å². The number of benzene rings is 1. The number of thiophene rings is 1. The molecule has 25 heavy (non-hydrogen) atoms. The minimum absolute atomic E-state index is 0.162. The summed E-state index contributed by atoms with van der Waals surface area (Å²) in [6.45, 7) is 4.51. The van der Waals surface area contributed by atoms with Gasteiger partial charge in [0, 0.05) is 23.7 Å². The second-order valence-electron chi connectivity index (χ2n) is 6.24. The van der Waals surface area contributed by atoms with Gasteiger partial charge in [-0.15, -0.1) is 11.3 Å². The van der Waals surface area contributed by atoms with Gasteiger partial charge in [0.05, 0.1) is 17.8 Å². The Morgan fingerprint density at radius 2 is 1.92 bits per heavy atom. The Balaban J connectivity index is 1.43. The number of nitrogens with zero attached hydrogens (tertiary/aromatic N) is 2. The van der Waals surface area contributed by atoms with Gasteiger partial charge >= 0.3 is 0 Å². The highest BCUT2D eigenvalue weighted by Crippen LogP contribution is 2.27. The molecule has 132 valence electrons. The molecule has 1 aromatic carbocycles. The summed E-state index contributed by atoms with van der Waals surface area (Å²) in [5.41, 5.74) is 4.68. The molecule has 1 amide bonds. The summed E-state index contributed by atoms with van der Waals surface area (Å²) in [4.78, 5) is 15.3. The van der Waals surface area contributed by atoms with E-state index >= 15 is 0 Å². The third-order valence-corrected chi connectivity index (χ3v) is 5.25. The van der Waals surface area contributed by atoms with Crippen LogP contribution in [-0.4, -0.2) is 31.8 Å². The largest absolute Gasteiger partial charge is 0.376 e.